The van der Waals surface area contributed by atoms with Crippen molar-refractivity contribution in [1.29, 1.82) is 0 Å². The van der Waals surface area contributed by atoms with Crippen molar-refractivity contribution >= 4 is 17.3 Å². The molecule has 6 heteroatoms. The first-order valence-electron chi connectivity index (χ1n) is 13.3. The van der Waals surface area contributed by atoms with Crippen molar-refractivity contribution in [3.8, 4) is 5.75 Å². The number of anilines is 2. The van der Waals surface area contributed by atoms with E-state index in [1.807, 2.05) is 46.0 Å². The molecule has 3 N–H and O–H groups in total. The summed E-state index contributed by atoms with van der Waals surface area (Å²) < 4.78 is 11.5. The molecule has 0 spiro atoms. The highest BCUT2D eigenvalue weighted by Crippen LogP contribution is 2.45. The summed E-state index contributed by atoms with van der Waals surface area (Å²) in [5.74, 6) is 0.468. The largest absolute Gasteiger partial charge is 0.489 e. The first-order valence-corrected chi connectivity index (χ1v) is 13.3. The van der Waals surface area contributed by atoms with E-state index in [1.165, 1.54) is 23.8 Å². The maximum Gasteiger partial charge on any atom is 0.312 e. The van der Waals surface area contributed by atoms with Gasteiger partial charge in [-0.25, -0.2) is 0 Å². The van der Waals surface area contributed by atoms with Crippen LogP contribution < -0.4 is 15.8 Å². The van der Waals surface area contributed by atoms with Gasteiger partial charge in [-0.15, -0.1) is 0 Å². The third-order valence-electron chi connectivity index (χ3n) is 7.88. The number of rotatable bonds is 7. The second-order valence-electron chi connectivity index (χ2n) is 11.0. The van der Waals surface area contributed by atoms with Gasteiger partial charge in [0.25, 0.3) is 0 Å². The van der Waals surface area contributed by atoms with Gasteiger partial charge in [0.2, 0.25) is 0 Å². The number of methoxy groups -OCH3 is 1. The Kier molecular flexibility index (Phi) is 8.02. The predicted molar refractivity (Wildman–Crippen MR) is 155 cm³/mol. The fourth-order valence-electron chi connectivity index (χ4n) is 5.72. The molecule has 38 heavy (non-hydrogen) atoms. The first-order chi connectivity index (χ1) is 18.1. The number of nitrogen functional groups attached to an aromatic ring is 1. The second kappa shape index (κ2) is 11.1. The second-order valence-corrected chi connectivity index (χ2v) is 11.0. The Morgan fingerprint density at radius 2 is 1.92 bits per heavy atom. The van der Waals surface area contributed by atoms with Crippen molar-refractivity contribution in [1.82, 2.24) is 4.90 Å². The number of carbonyl (C=O) groups excluding carboxylic acids is 1. The highest BCUT2D eigenvalue weighted by molar-refractivity contribution is 5.79. The van der Waals surface area contributed by atoms with Gasteiger partial charge >= 0.3 is 5.97 Å². The molecule has 2 atom stereocenters. The molecule has 0 bridgehead atoms. The molecule has 0 amide bonds. The average molecular weight is 516 g/mol. The van der Waals surface area contributed by atoms with E-state index < -0.39 is 5.41 Å². The van der Waals surface area contributed by atoms with Gasteiger partial charge in [0.15, 0.2) is 0 Å². The van der Waals surface area contributed by atoms with Gasteiger partial charge in [-0.05, 0) is 74.6 Å². The number of nitrogens with one attached hydrogen (secondary N) is 1. The molecule has 1 heterocycles. The maximum absolute atomic E-state index is 13.1. The summed E-state index contributed by atoms with van der Waals surface area (Å²) in [6, 6.07) is 18.9. The standard InChI is InChI=1S/C32H41N3O3/c1-20-12-13-23(16-25(20)19-35-17-21(2)38-28-11-9-8-10-24(28)18-35)29(32(4,5)31(36)37-7)26-14-15-27(34-6)30(33)22(26)3/h8-16,21,29,34H,17-19,33H2,1-7H3/t21-,29?/m1/s1. The summed E-state index contributed by atoms with van der Waals surface area (Å²) in [4.78, 5) is 15.6. The zero-order valence-corrected chi connectivity index (χ0v) is 23.7. The lowest BCUT2D eigenvalue weighted by Crippen LogP contribution is -2.34. The van der Waals surface area contributed by atoms with E-state index >= 15 is 0 Å². The van der Waals surface area contributed by atoms with Crippen LogP contribution in [0.25, 0.3) is 0 Å². The number of carbonyl (C=O) groups is 1. The summed E-state index contributed by atoms with van der Waals surface area (Å²) in [7, 11) is 3.31. The van der Waals surface area contributed by atoms with Crippen LogP contribution in [0.15, 0.2) is 54.6 Å². The molecule has 1 aliphatic rings. The molecule has 1 aliphatic heterocycles. The SMILES string of the molecule is CNc1ccc(C(c2ccc(C)c(CN3Cc4ccccc4O[C@H](C)C3)c2)C(C)(C)C(=O)OC)c(C)c1N. The molecule has 3 aromatic rings. The first kappa shape index (κ1) is 27.5. The lowest BCUT2D eigenvalue weighted by Gasteiger charge is -2.35. The molecule has 4 rings (SSSR count). The van der Waals surface area contributed by atoms with E-state index in [4.69, 9.17) is 15.2 Å². The molecular formula is C32H41N3O3. The lowest BCUT2D eigenvalue weighted by atomic mass is 9.69. The average Bonchev–Trinajstić information content (AvgIpc) is 3.05. The van der Waals surface area contributed by atoms with Crippen molar-refractivity contribution in [2.24, 2.45) is 5.41 Å². The van der Waals surface area contributed by atoms with Crippen LogP contribution in [0.5, 0.6) is 5.75 Å². The van der Waals surface area contributed by atoms with Crippen molar-refractivity contribution in [2.45, 2.75) is 59.7 Å². The minimum atomic E-state index is -0.816. The van der Waals surface area contributed by atoms with Gasteiger partial charge in [-0.1, -0.05) is 42.5 Å². The Labute approximate surface area is 227 Å². The van der Waals surface area contributed by atoms with E-state index in [1.54, 1.807) is 0 Å². The number of ether oxygens (including phenoxy) is 2. The molecule has 0 aromatic heterocycles. The van der Waals surface area contributed by atoms with Crippen LogP contribution in [0.2, 0.25) is 0 Å². The highest BCUT2D eigenvalue weighted by Gasteiger charge is 2.41. The summed E-state index contributed by atoms with van der Waals surface area (Å²) in [5.41, 5.74) is 14.0. The highest BCUT2D eigenvalue weighted by atomic mass is 16.5. The predicted octanol–water partition coefficient (Wildman–Crippen LogP) is 6.04. The fourth-order valence-corrected chi connectivity index (χ4v) is 5.72. The van der Waals surface area contributed by atoms with Crippen LogP contribution in [0.3, 0.4) is 0 Å². The third-order valence-corrected chi connectivity index (χ3v) is 7.88. The fraction of sp³-hybridized carbons (Fsp3) is 0.406. The molecule has 1 unspecified atom stereocenters. The van der Waals surface area contributed by atoms with Crippen molar-refractivity contribution in [3.05, 3.63) is 88.0 Å². The summed E-state index contributed by atoms with van der Waals surface area (Å²) in [6.07, 6.45) is 0.0875. The Morgan fingerprint density at radius 1 is 1.18 bits per heavy atom. The van der Waals surface area contributed by atoms with Crippen LogP contribution in [-0.4, -0.2) is 37.7 Å². The summed E-state index contributed by atoms with van der Waals surface area (Å²) in [6.45, 7) is 12.6. The number of benzene rings is 3. The zero-order valence-electron chi connectivity index (χ0n) is 23.7. The minimum Gasteiger partial charge on any atom is -0.489 e. The topological polar surface area (TPSA) is 76.8 Å². The number of hydrogen-bond donors (Lipinski definition) is 2. The van der Waals surface area contributed by atoms with E-state index in [0.29, 0.717) is 5.69 Å². The van der Waals surface area contributed by atoms with Gasteiger partial charge in [-0.3, -0.25) is 9.69 Å². The van der Waals surface area contributed by atoms with E-state index in [-0.39, 0.29) is 18.0 Å². The third kappa shape index (κ3) is 5.37. The Balaban J connectivity index is 1.77. The number of hydrogen-bond acceptors (Lipinski definition) is 6. The minimum absolute atomic E-state index is 0.0875. The molecule has 0 saturated heterocycles. The van der Waals surface area contributed by atoms with Crippen molar-refractivity contribution in [2.75, 3.05) is 31.8 Å². The Bertz CT molecular complexity index is 1320. The number of nitrogens with zero attached hydrogens (tertiary/aromatic N) is 1. The summed E-state index contributed by atoms with van der Waals surface area (Å²) in [5, 5.41) is 3.16. The van der Waals surface area contributed by atoms with Crippen LogP contribution >= 0.6 is 0 Å². The van der Waals surface area contributed by atoms with Gasteiger partial charge < -0.3 is 20.5 Å². The lowest BCUT2D eigenvalue weighted by molar-refractivity contribution is -0.151. The Morgan fingerprint density at radius 3 is 2.63 bits per heavy atom. The van der Waals surface area contributed by atoms with Crippen LogP contribution in [0.1, 0.15) is 60.1 Å². The molecule has 202 valence electrons. The number of nitrogens with two attached hydrogens (primary N) is 1. The molecule has 0 radical (unpaired) electrons. The van der Waals surface area contributed by atoms with Gasteiger partial charge in [0, 0.05) is 38.2 Å². The van der Waals surface area contributed by atoms with Gasteiger partial charge in [-0.2, -0.15) is 0 Å². The molecule has 0 aliphatic carbocycles. The van der Waals surface area contributed by atoms with Crippen molar-refractivity contribution in [3.63, 3.8) is 0 Å². The molecule has 0 saturated carbocycles. The summed E-state index contributed by atoms with van der Waals surface area (Å²) >= 11 is 0. The quantitative estimate of drug-likeness (QED) is 0.295. The van der Waals surface area contributed by atoms with Crippen molar-refractivity contribution < 1.29 is 14.3 Å². The van der Waals surface area contributed by atoms with Gasteiger partial charge in [0.05, 0.1) is 23.9 Å². The molecule has 3 aromatic carbocycles. The van der Waals surface area contributed by atoms with E-state index in [0.717, 1.165) is 47.8 Å². The van der Waals surface area contributed by atoms with Crippen LogP contribution in [0, 0.1) is 19.3 Å². The van der Waals surface area contributed by atoms with E-state index in [2.05, 4.69) is 60.5 Å². The monoisotopic (exact) mass is 515 g/mol. The maximum atomic E-state index is 13.1. The van der Waals surface area contributed by atoms with Crippen LogP contribution in [0.4, 0.5) is 11.4 Å². The van der Waals surface area contributed by atoms with Crippen LogP contribution in [-0.2, 0) is 22.6 Å². The smallest absolute Gasteiger partial charge is 0.312 e. The number of aryl methyl sites for hydroxylation is 1. The molecule has 0 fully saturated rings. The van der Waals surface area contributed by atoms with E-state index in [9.17, 15) is 4.79 Å². The number of esters is 1. The number of fused-ring (bicyclic) bond motifs is 1. The molecular weight excluding hydrogens is 474 g/mol. The zero-order chi connectivity index (χ0) is 27.6. The Hall–Kier alpha value is -3.51. The molecule has 6 nitrogen and oxygen atoms in total. The normalized spacial score (nSPS) is 16.7. The van der Waals surface area contributed by atoms with Gasteiger partial charge in [0.1, 0.15) is 11.9 Å². The number of para-hydroxylation sites is 1.